The third-order valence-electron chi connectivity index (χ3n) is 2.70. The molecule has 0 saturated heterocycles. The Balaban J connectivity index is 2.45. The lowest BCUT2D eigenvalue weighted by Crippen LogP contribution is -2.37. The number of pyridine rings is 1. The van der Waals surface area contributed by atoms with Crippen molar-refractivity contribution in [3.05, 3.63) is 29.5 Å². The van der Waals surface area contributed by atoms with Crippen LogP contribution in [0.4, 0.5) is 10.6 Å². The summed E-state index contributed by atoms with van der Waals surface area (Å²) in [5.41, 5.74) is 7.14. The van der Waals surface area contributed by atoms with E-state index in [1.54, 1.807) is 6.20 Å². The smallest absolute Gasteiger partial charge is 0.407 e. The molecule has 1 amide bonds. The summed E-state index contributed by atoms with van der Waals surface area (Å²) in [5.74, 6) is 0.548. The van der Waals surface area contributed by atoms with E-state index < -0.39 is 11.7 Å². The molecule has 1 aromatic heterocycles. The summed E-state index contributed by atoms with van der Waals surface area (Å²) in [6.45, 7) is 9.38. The number of nitrogens with one attached hydrogen (secondary N) is 1. The molecule has 0 fully saturated rings. The van der Waals surface area contributed by atoms with E-state index in [4.69, 9.17) is 10.5 Å². The predicted octanol–water partition coefficient (Wildman–Crippen LogP) is 3.29. The lowest BCUT2D eigenvalue weighted by Gasteiger charge is -2.21. The molecule has 116 valence electrons. The Hall–Kier alpha value is -2.04. The second-order valence-corrected chi connectivity index (χ2v) is 6.16. The van der Waals surface area contributed by atoms with Crippen LogP contribution in [0.5, 0.6) is 0 Å². The van der Waals surface area contributed by atoms with E-state index in [0.29, 0.717) is 12.2 Å². The molecule has 1 aromatic rings. The molecule has 1 atom stereocenters. The molecule has 0 aliphatic carbocycles. The maximum absolute atomic E-state index is 11.6. The molecule has 0 aliphatic rings. The van der Waals surface area contributed by atoms with Gasteiger partial charge < -0.3 is 15.8 Å². The highest BCUT2D eigenvalue weighted by atomic mass is 16.6. The van der Waals surface area contributed by atoms with Crippen molar-refractivity contribution in [2.45, 2.75) is 52.7 Å². The molecule has 0 spiro atoms. The molecular weight excluding hydrogens is 266 g/mol. The number of aryl methyl sites for hydroxylation is 1. The number of nitrogen functional groups attached to an aromatic ring is 1. The maximum Gasteiger partial charge on any atom is 0.407 e. The van der Waals surface area contributed by atoms with E-state index in [0.717, 1.165) is 11.1 Å². The van der Waals surface area contributed by atoms with Crippen LogP contribution in [0.1, 0.15) is 45.2 Å². The molecule has 0 saturated carbocycles. The Kier molecular flexibility index (Phi) is 5.76. The Morgan fingerprint density at radius 1 is 1.52 bits per heavy atom. The molecule has 1 heterocycles. The lowest BCUT2D eigenvalue weighted by molar-refractivity contribution is 0.0509. The van der Waals surface area contributed by atoms with E-state index in [9.17, 15) is 4.79 Å². The van der Waals surface area contributed by atoms with E-state index in [2.05, 4.69) is 10.3 Å². The fourth-order valence-corrected chi connectivity index (χ4v) is 1.67. The fraction of sp³-hybridized carbons (Fsp3) is 0.500. The van der Waals surface area contributed by atoms with Gasteiger partial charge in [-0.05, 0) is 58.2 Å². The van der Waals surface area contributed by atoms with Gasteiger partial charge in [-0.2, -0.15) is 0 Å². The minimum Gasteiger partial charge on any atom is -0.444 e. The zero-order chi connectivity index (χ0) is 16.0. The first kappa shape index (κ1) is 17.0. The topological polar surface area (TPSA) is 77.2 Å². The highest BCUT2D eigenvalue weighted by Crippen LogP contribution is 2.11. The number of anilines is 1. The van der Waals surface area contributed by atoms with Crippen molar-refractivity contribution in [2.75, 3.05) is 5.73 Å². The van der Waals surface area contributed by atoms with Gasteiger partial charge in [-0.25, -0.2) is 9.78 Å². The number of alkyl carbamates (subject to hydrolysis) is 1. The van der Waals surface area contributed by atoms with Gasteiger partial charge in [0.15, 0.2) is 0 Å². The Morgan fingerprint density at radius 3 is 2.76 bits per heavy atom. The van der Waals surface area contributed by atoms with Gasteiger partial charge >= 0.3 is 6.09 Å². The number of rotatable bonds is 4. The molecule has 0 aromatic carbocycles. The van der Waals surface area contributed by atoms with Gasteiger partial charge in [0.25, 0.3) is 0 Å². The van der Waals surface area contributed by atoms with Crippen molar-refractivity contribution >= 4 is 18.0 Å². The molecule has 0 aliphatic heterocycles. The minimum absolute atomic E-state index is 0.000984. The van der Waals surface area contributed by atoms with Gasteiger partial charge in [0.2, 0.25) is 0 Å². The summed E-state index contributed by atoms with van der Waals surface area (Å²) in [5, 5.41) is 2.80. The molecule has 5 heteroatoms. The third-order valence-corrected chi connectivity index (χ3v) is 2.70. The number of amides is 1. The van der Waals surface area contributed by atoms with Gasteiger partial charge in [0.05, 0.1) is 0 Å². The number of carbonyl (C=O) groups excluding carboxylic acids is 1. The van der Waals surface area contributed by atoms with E-state index in [1.807, 2.05) is 52.8 Å². The first-order valence-electron chi connectivity index (χ1n) is 7.05. The summed E-state index contributed by atoms with van der Waals surface area (Å²) < 4.78 is 5.20. The summed E-state index contributed by atoms with van der Waals surface area (Å²) in [4.78, 5) is 15.7. The summed E-state index contributed by atoms with van der Waals surface area (Å²) in [7, 11) is 0. The average Bonchev–Trinajstić information content (AvgIpc) is 2.31. The summed E-state index contributed by atoms with van der Waals surface area (Å²) >= 11 is 0. The van der Waals surface area contributed by atoms with Crippen LogP contribution in [0.3, 0.4) is 0 Å². The van der Waals surface area contributed by atoms with Crippen LogP contribution in [-0.4, -0.2) is 22.7 Å². The van der Waals surface area contributed by atoms with Gasteiger partial charge in [-0.3, -0.25) is 0 Å². The number of hydrogen-bond acceptors (Lipinski definition) is 4. The minimum atomic E-state index is -0.479. The van der Waals surface area contributed by atoms with E-state index >= 15 is 0 Å². The molecule has 0 radical (unpaired) electrons. The van der Waals surface area contributed by atoms with Crippen molar-refractivity contribution in [1.29, 1.82) is 0 Å². The van der Waals surface area contributed by atoms with Crippen LogP contribution in [-0.2, 0) is 4.74 Å². The van der Waals surface area contributed by atoms with E-state index in [1.165, 1.54) is 0 Å². The Morgan fingerprint density at radius 2 is 2.19 bits per heavy atom. The van der Waals surface area contributed by atoms with Crippen LogP contribution in [0.2, 0.25) is 0 Å². The van der Waals surface area contributed by atoms with Gasteiger partial charge in [-0.15, -0.1) is 0 Å². The van der Waals surface area contributed by atoms with Crippen molar-refractivity contribution in [2.24, 2.45) is 0 Å². The van der Waals surface area contributed by atoms with Gasteiger partial charge in [0.1, 0.15) is 11.4 Å². The maximum atomic E-state index is 11.6. The third kappa shape index (κ3) is 6.79. The van der Waals surface area contributed by atoms with Crippen molar-refractivity contribution in [1.82, 2.24) is 10.3 Å². The highest BCUT2D eigenvalue weighted by Gasteiger charge is 2.17. The molecular formula is C16H25N3O2. The number of aromatic nitrogens is 1. The van der Waals surface area contributed by atoms with Crippen LogP contribution in [0, 0.1) is 6.92 Å². The molecule has 3 N–H and O–H groups in total. The summed E-state index contributed by atoms with van der Waals surface area (Å²) in [6, 6.07) is 1.98. The van der Waals surface area contributed by atoms with Crippen molar-refractivity contribution in [3.63, 3.8) is 0 Å². The molecule has 0 bridgehead atoms. The zero-order valence-electron chi connectivity index (χ0n) is 13.4. The van der Waals surface area contributed by atoms with Crippen LogP contribution in [0.15, 0.2) is 18.3 Å². The van der Waals surface area contributed by atoms with Crippen LogP contribution >= 0.6 is 0 Å². The monoisotopic (exact) mass is 291 g/mol. The standard InChI is InChI=1S/C16H25N3O2/c1-11-9-13(10-18-14(11)17)8-6-7-12(2)19-15(20)21-16(3,4)5/h6,8-10,12H,7H2,1-5H3,(H2,17,18)(H,19,20)/b8-6+. The normalized spacial score (nSPS) is 13.2. The number of nitrogens with zero attached hydrogens (tertiary/aromatic N) is 1. The Bertz CT molecular complexity index is 519. The van der Waals surface area contributed by atoms with Crippen molar-refractivity contribution in [3.8, 4) is 0 Å². The average molecular weight is 291 g/mol. The summed E-state index contributed by atoms with van der Waals surface area (Å²) in [6.07, 6.45) is 6.00. The first-order valence-corrected chi connectivity index (χ1v) is 7.05. The largest absolute Gasteiger partial charge is 0.444 e. The van der Waals surface area contributed by atoms with Gasteiger partial charge in [-0.1, -0.05) is 12.2 Å². The first-order chi connectivity index (χ1) is 9.67. The quantitative estimate of drug-likeness (QED) is 0.892. The van der Waals surface area contributed by atoms with E-state index in [-0.39, 0.29) is 6.04 Å². The zero-order valence-corrected chi connectivity index (χ0v) is 13.4. The fourth-order valence-electron chi connectivity index (χ4n) is 1.67. The number of hydrogen-bond donors (Lipinski definition) is 2. The molecule has 1 unspecified atom stereocenters. The van der Waals surface area contributed by atoms with Gasteiger partial charge in [0, 0.05) is 12.2 Å². The lowest BCUT2D eigenvalue weighted by atomic mass is 10.1. The predicted molar refractivity (Wildman–Crippen MR) is 85.9 cm³/mol. The second-order valence-electron chi connectivity index (χ2n) is 6.16. The van der Waals surface area contributed by atoms with Crippen LogP contribution < -0.4 is 11.1 Å². The number of carbonyl (C=O) groups is 1. The SMILES string of the molecule is Cc1cc(/C=C/CC(C)NC(=O)OC(C)(C)C)cnc1N. The number of nitrogens with two attached hydrogens (primary N) is 1. The highest BCUT2D eigenvalue weighted by molar-refractivity contribution is 5.68. The second kappa shape index (κ2) is 7.11. The van der Waals surface area contributed by atoms with Crippen LogP contribution in [0.25, 0.3) is 6.08 Å². The molecule has 21 heavy (non-hydrogen) atoms. The van der Waals surface area contributed by atoms with Crippen molar-refractivity contribution < 1.29 is 9.53 Å². The molecule has 5 nitrogen and oxygen atoms in total. The number of ether oxygens (including phenoxy) is 1. The Labute approximate surface area is 126 Å². The molecule has 1 rings (SSSR count).